The predicted molar refractivity (Wildman–Crippen MR) is 110 cm³/mol. The van der Waals surface area contributed by atoms with Gasteiger partial charge in [-0.1, -0.05) is 11.2 Å². The van der Waals surface area contributed by atoms with Gasteiger partial charge in [-0.2, -0.15) is 0 Å². The first-order valence-corrected chi connectivity index (χ1v) is 10.3. The zero-order chi connectivity index (χ0) is 19.5. The van der Waals surface area contributed by atoms with Crippen LogP contribution in [0.3, 0.4) is 0 Å². The standard InChI is InChI=1S/C20H17N3O3S2/c1-12-16(13(2)26-23-12)10-25-15-7-5-14(6-8-15)19(24)22-20-21-17(11-28-20)18-4-3-9-27-18/h3-9,11H,10H2,1-2H3,(H,21,22,24). The largest absolute Gasteiger partial charge is 0.489 e. The van der Waals surface area contributed by atoms with Crippen molar-refractivity contribution in [2.45, 2.75) is 20.5 Å². The predicted octanol–water partition coefficient (Wildman–Crippen LogP) is 5.31. The molecular formula is C20H17N3O3S2. The second-order valence-corrected chi connectivity index (χ2v) is 7.89. The highest BCUT2D eigenvalue weighted by molar-refractivity contribution is 7.16. The van der Waals surface area contributed by atoms with Gasteiger partial charge in [0.05, 0.1) is 21.8 Å². The highest BCUT2D eigenvalue weighted by atomic mass is 32.1. The van der Waals surface area contributed by atoms with Crippen LogP contribution in [0.4, 0.5) is 5.13 Å². The van der Waals surface area contributed by atoms with Gasteiger partial charge in [0.2, 0.25) is 0 Å². The molecule has 6 nitrogen and oxygen atoms in total. The normalized spacial score (nSPS) is 10.8. The van der Waals surface area contributed by atoms with Crippen LogP contribution in [-0.4, -0.2) is 16.0 Å². The van der Waals surface area contributed by atoms with Crippen molar-refractivity contribution in [3.63, 3.8) is 0 Å². The van der Waals surface area contributed by atoms with Crippen LogP contribution in [0.5, 0.6) is 5.75 Å². The summed E-state index contributed by atoms with van der Waals surface area (Å²) in [4.78, 5) is 18.0. The molecule has 8 heteroatoms. The summed E-state index contributed by atoms with van der Waals surface area (Å²) in [6, 6.07) is 11.0. The molecule has 4 rings (SSSR count). The van der Waals surface area contributed by atoms with E-state index in [0.717, 1.165) is 27.6 Å². The Bertz CT molecular complexity index is 1060. The molecule has 0 fully saturated rings. The Labute approximate surface area is 169 Å². The number of hydrogen-bond acceptors (Lipinski definition) is 7. The number of aryl methyl sites for hydroxylation is 2. The Morgan fingerprint density at radius 3 is 2.68 bits per heavy atom. The SMILES string of the molecule is Cc1noc(C)c1COc1ccc(C(=O)Nc2nc(-c3cccs3)cs2)cc1. The van der Waals surface area contributed by atoms with Gasteiger partial charge < -0.3 is 9.26 Å². The van der Waals surface area contributed by atoms with E-state index in [1.54, 1.807) is 35.6 Å². The molecule has 3 aromatic heterocycles. The van der Waals surface area contributed by atoms with Crippen LogP contribution < -0.4 is 10.1 Å². The third kappa shape index (κ3) is 3.97. The molecular weight excluding hydrogens is 394 g/mol. The molecule has 0 radical (unpaired) electrons. The number of amides is 1. The van der Waals surface area contributed by atoms with Gasteiger partial charge in [-0.15, -0.1) is 22.7 Å². The second kappa shape index (κ2) is 7.95. The summed E-state index contributed by atoms with van der Waals surface area (Å²) in [6.07, 6.45) is 0. The number of carbonyl (C=O) groups excluding carboxylic acids is 1. The Balaban J connectivity index is 1.37. The molecule has 1 aromatic carbocycles. The van der Waals surface area contributed by atoms with E-state index in [4.69, 9.17) is 9.26 Å². The highest BCUT2D eigenvalue weighted by Crippen LogP contribution is 2.28. The maximum atomic E-state index is 12.5. The van der Waals surface area contributed by atoms with Crippen LogP contribution in [-0.2, 0) is 6.61 Å². The van der Waals surface area contributed by atoms with Gasteiger partial charge in [-0.05, 0) is 49.6 Å². The zero-order valence-corrected chi connectivity index (χ0v) is 16.9. The van der Waals surface area contributed by atoms with Gasteiger partial charge in [-0.3, -0.25) is 10.1 Å². The van der Waals surface area contributed by atoms with Gasteiger partial charge in [0.1, 0.15) is 18.1 Å². The summed E-state index contributed by atoms with van der Waals surface area (Å²) in [7, 11) is 0. The van der Waals surface area contributed by atoms with Crippen LogP contribution in [0.15, 0.2) is 51.7 Å². The Morgan fingerprint density at radius 2 is 2.00 bits per heavy atom. The first kappa shape index (κ1) is 18.4. The first-order valence-electron chi connectivity index (χ1n) is 8.55. The fourth-order valence-corrected chi connectivity index (χ4v) is 4.07. The van der Waals surface area contributed by atoms with Crippen molar-refractivity contribution in [1.82, 2.24) is 10.1 Å². The third-order valence-corrected chi connectivity index (χ3v) is 5.83. The number of anilines is 1. The van der Waals surface area contributed by atoms with Crippen LogP contribution in [0.25, 0.3) is 10.6 Å². The van der Waals surface area contributed by atoms with E-state index >= 15 is 0 Å². The zero-order valence-electron chi connectivity index (χ0n) is 15.3. The van der Waals surface area contributed by atoms with Gasteiger partial charge >= 0.3 is 0 Å². The van der Waals surface area contributed by atoms with E-state index in [0.29, 0.717) is 23.1 Å². The number of nitrogens with zero attached hydrogens (tertiary/aromatic N) is 2. The molecule has 3 heterocycles. The summed E-state index contributed by atoms with van der Waals surface area (Å²) in [5.41, 5.74) is 3.17. The molecule has 4 aromatic rings. The Kier molecular flexibility index (Phi) is 5.23. The number of rotatable bonds is 6. The van der Waals surface area contributed by atoms with Crippen molar-refractivity contribution in [3.8, 4) is 16.3 Å². The highest BCUT2D eigenvalue weighted by Gasteiger charge is 2.12. The minimum Gasteiger partial charge on any atom is -0.489 e. The quantitative estimate of drug-likeness (QED) is 0.465. The molecule has 0 atom stereocenters. The van der Waals surface area contributed by atoms with Crippen molar-refractivity contribution < 1.29 is 14.1 Å². The summed E-state index contributed by atoms with van der Waals surface area (Å²) < 4.78 is 10.9. The maximum Gasteiger partial charge on any atom is 0.257 e. The molecule has 0 unspecified atom stereocenters. The van der Waals surface area contributed by atoms with E-state index in [1.807, 2.05) is 36.7 Å². The van der Waals surface area contributed by atoms with Gasteiger partial charge in [0.15, 0.2) is 5.13 Å². The summed E-state index contributed by atoms with van der Waals surface area (Å²) in [6.45, 7) is 4.11. The van der Waals surface area contributed by atoms with Crippen molar-refractivity contribution in [1.29, 1.82) is 0 Å². The number of nitrogens with one attached hydrogen (secondary N) is 1. The van der Waals surface area contributed by atoms with E-state index in [-0.39, 0.29) is 5.91 Å². The minimum absolute atomic E-state index is 0.204. The Morgan fingerprint density at radius 1 is 1.18 bits per heavy atom. The van der Waals surface area contributed by atoms with E-state index in [9.17, 15) is 4.79 Å². The first-order chi connectivity index (χ1) is 13.6. The molecule has 28 heavy (non-hydrogen) atoms. The van der Waals surface area contributed by atoms with Crippen LogP contribution >= 0.6 is 22.7 Å². The second-order valence-electron chi connectivity index (χ2n) is 6.09. The van der Waals surface area contributed by atoms with Crippen LogP contribution in [0.2, 0.25) is 0 Å². The third-order valence-electron chi connectivity index (χ3n) is 4.18. The lowest BCUT2D eigenvalue weighted by atomic mass is 10.2. The number of ether oxygens (including phenoxy) is 1. The fraction of sp³-hybridized carbons (Fsp3) is 0.150. The van der Waals surface area contributed by atoms with Crippen molar-refractivity contribution in [2.24, 2.45) is 0 Å². The molecule has 1 amide bonds. The number of benzene rings is 1. The van der Waals surface area contributed by atoms with Crippen molar-refractivity contribution >= 4 is 33.7 Å². The fourth-order valence-electron chi connectivity index (χ4n) is 2.60. The average Bonchev–Trinajstić information content (AvgIpc) is 3.43. The summed E-state index contributed by atoms with van der Waals surface area (Å²) in [5.74, 6) is 1.22. The monoisotopic (exact) mass is 411 g/mol. The lowest BCUT2D eigenvalue weighted by molar-refractivity contribution is 0.102. The molecule has 0 aliphatic rings. The van der Waals surface area contributed by atoms with Gasteiger partial charge in [-0.25, -0.2) is 4.98 Å². The smallest absolute Gasteiger partial charge is 0.257 e. The molecule has 0 bridgehead atoms. The van der Waals surface area contributed by atoms with Gasteiger partial charge in [0.25, 0.3) is 5.91 Å². The van der Waals surface area contributed by atoms with Crippen molar-refractivity contribution in [2.75, 3.05) is 5.32 Å². The lowest BCUT2D eigenvalue weighted by Gasteiger charge is -2.07. The van der Waals surface area contributed by atoms with E-state index in [2.05, 4.69) is 15.5 Å². The average molecular weight is 412 g/mol. The molecule has 0 saturated carbocycles. The van der Waals surface area contributed by atoms with Crippen molar-refractivity contribution in [3.05, 3.63) is 69.7 Å². The molecule has 142 valence electrons. The summed E-state index contributed by atoms with van der Waals surface area (Å²) in [5, 5.41) is 11.3. The van der Waals surface area contributed by atoms with Gasteiger partial charge in [0, 0.05) is 10.9 Å². The molecule has 0 aliphatic carbocycles. The maximum absolute atomic E-state index is 12.5. The molecule has 0 saturated heterocycles. The number of aromatic nitrogens is 2. The molecule has 1 N–H and O–H groups in total. The topological polar surface area (TPSA) is 77.2 Å². The van der Waals surface area contributed by atoms with Crippen LogP contribution in [0.1, 0.15) is 27.4 Å². The van der Waals surface area contributed by atoms with Crippen LogP contribution in [0, 0.1) is 13.8 Å². The Hall–Kier alpha value is -2.97. The lowest BCUT2D eigenvalue weighted by Crippen LogP contribution is -2.11. The minimum atomic E-state index is -0.204. The van der Waals surface area contributed by atoms with E-state index in [1.165, 1.54) is 11.3 Å². The van der Waals surface area contributed by atoms with E-state index < -0.39 is 0 Å². The number of thiazole rings is 1. The number of hydrogen-bond donors (Lipinski definition) is 1. The number of carbonyl (C=O) groups is 1. The molecule has 0 spiro atoms. The number of thiophene rings is 1. The molecule has 0 aliphatic heterocycles. The summed E-state index contributed by atoms with van der Waals surface area (Å²) >= 11 is 3.03.